The van der Waals surface area contributed by atoms with Gasteiger partial charge in [0.25, 0.3) is 0 Å². The van der Waals surface area contributed by atoms with Crippen molar-refractivity contribution in [3.63, 3.8) is 0 Å². The summed E-state index contributed by atoms with van der Waals surface area (Å²) in [6, 6.07) is 8.13. The van der Waals surface area contributed by atoms with E-state index >= 15 is 0 Å². The molecule has 0 saturated heterocycles. The summed E-state index contributed by atoms with van der Waals surface area (Å²) in [5, 5.41) is 8.86. The number of hydrogen-bond donors (Lipinski definition) is 1. The maximum atomic E-state index is 12.8. The lowest BCUT2D eigenvalue weighted by Crippen LogP contribution is -2.42. The van der Waals surface area contributed by atoms with Crippen molar-refractivity contribution < 1.29 is 14.7 Å². The zero-order chi connectivity index (χ0) is 15.4. The van der Waals surface area contributed by atoms with E-state index in [2.05, 4.69) is 6.07 Å². The van der Waals surface area contributed by atoms with Crippen molar-refractivity contribution in [2.75, 3.05) is 6.54 Å². The Morgan fingerprint density at radius 2 is 2.05 bits per heavy atom. The molecule has 1 unspecified atom stereocenters. The molecule has 4 nitrogen and oxygen atoms in total. The Kier molecular flexibility index (Phi) is 4.99. The van der Waals surface area contributed by atoms with Crippen LogP contribution < -0.4 is 0 Å². The van der Waals surface area contributed by atoms with Gasteiger partial charge >= 0.3 is 5.97 Å². The fourth-order valence-corrected chi connectivity index (χ4v) is 3.05. The molecule has 0 spiro atoms. The van der Waals surface area contributed by atoms with Crippen LogP contribution in [-0.2, 0) is 16.0 Å². The zero-order valence-electron chi connectivity index (χ0n) is 12.7. The summed E-state index contributed by atoms with van der Waals surface area (Å²) in [7, 11) is 0. The van der Waals surface area contributed by atoms with Crippen molar-refractivity contribution in [2.45, 2.75) is 51.5 Å². The number of carboxylic acid groups (broad SMARTS) is 1. The summed E-state index contributed by atoms with van der Waals surface area (Å²) in [6.45, 7) is 4.16. The predicted octanol–water partition coefficient (Wildman–Crippen LogP) is 2.82. The van der Waals surface area contributed by atoms with E-state index in [1.807, 2.05) is 32.0 Å². The number of rotatable bonds is 5. The number of aryl methyl sites for hydroxylation is 1. The van der Waals surface area contributed by atoms with Crippen LogP contribution in [0.3, 0.4) is 0 Å². The SMILES string of the molecule is CC(C)N(CCC(=O)O)C(=O)C1CCCc2ccccc21. The summed E-state index contributed by atoms with van der Waals surface area (Å²) < 4.78 is 0. The second kappa shape index (κ2) is 6.74. The Morgan fingerprint density at radius 1 is 1.33 bits per heavy atom. The minimum Gasteiger partial charge on any atom is -0.481 e. The van der Waals surface area contributed by atoms with Crippen LogP contribution in [0.1, 0.15) is 50.2 Å². The van der Waals surface area contributed by atoms with Gasteiger partial charge in [0.15, 0.2) is 0 Å². The molecule has 0 radical (unpaired) electrons. The van der Waals surface area contributed by atoms with Crippen LogP contribution >= 0.6 is 0 Å². The van der Waals surface area contributed by atoms with Gasteiger partial charge in [-0.25, -0.2) is 0 Å². The molecule has 1 aromatic carbocycles. The molecule has 0 fully saturated rings. The molecule has 1 amide bonds. The van der Waals surface area contributed by atoms with E-state index in [-0.39, 0.29) is 30.8 Å². The quantitative estimate of drug-likeness (QED) is 0.906. The van der Waals surface area contributed by atoms with Crippen LogP contribution in [0.2, 0.25) is 0 Å². The monoisotopic (exact) mass is 289 g/mol. The minimum atomic E-state index is -0.863. The third kappa shape index (κ3) is 3.63. The van der Waals surface area contributed by atoms with E-state index in [9.17, 15) is 9.59 Å². The van der Waals surface area contributed by atoms with E-state index in [0.717, 1.165) is 24.8 Å². The Hall–Kier alpha value is -1.84. The standard InChI is InChI=1S/C17H23NO3/c1-12(2)18(11-10-16(19)20)17(21)15-9-5-7-13-6-3-4-8-14(13)15/h3-4,6,8,12,15H,5,7,9-11H2,1-2H3,(H,19,20). The van der Waals surface area contributed by atoms with Crippen LogP contribution in [-0.4, -0.2) is 34.5 Å². The number of amides is 1. The number of carbonyl (C=O) groups excluding carboxylic acids is 1. The minimum absolute atomic E-state index is 0.00170. The highest BCUT2D eigenvalue weighted by Gasteiger charge is 2.30. The highest BCUT2D eigenvalue weighted by molar-refractivity contribution is 5.85. The first-order valence-electron chi connectivity index (χ1n) is 7.60. The van der Waals surface area contributed by atoms with Crippen molar-refractivity contribution in [1.29, 1.82) is 0 Å². The maximum absolute atomic E-state index is 12.8. The summed E-state index contributed by atoms with van der Waals surface area (Å²) in [5.74, 6) is -0.915. The Morgan fingerprint density at radius 3 is 2.71 bits per heavy atom. The molecule has 0 aliphatic heterocycles. The summed E-state index contributed by atoms with van der Waals surface area (Å²) in [6.07, 6.45) is 2.89. The highest BCUT2D eigenvalue weighted by atomic mass is 16.4. The van der Waals surface area contributed by atoms with Gasteiger partial charge in [0, 0.05) is 12.6 Å². The first-order chi connectivity index (χ1) is 10.0. The van der Waals surface area contributed by atoms with Gasteiger partial charge in [-0.3, -0.25) is 9.59 Å². The number of carbonyl (C=O) groups is 2. The average molecular weight is 289 g/mol. The molecule has 114 valence electrons. The van der Waals surface area contributed by atoms with E-state index in [4.69, 9.17) is 5.11 Å². The number of aliphatic carboxylic acids is 1. The molecule has 21 heavy (non-hydrogen) atoms. The third-order valence-corrected chi connectivity index (χ3v) is 4.14. The van der Waals surface area contributed by atoms with E-state index in [0.29, 0.717) is 0 Å². The van der Waals surface area contributed by atoms with Crippen molar-refractivity contribution in [2.24, 2.45) is 0 Å². The lowest BCUT2D eigenvalue weighted by atomic mass is 9.82. The molecule has 1 atom stereocenters. The highest BCUT2D eigenvalue weighted by Crippen LogP contribution is 2.33. The Labute approximate surface area is 125 Å². The number of carboxylic acids is 1. The molecule has 1 aliphatic carbocycles. The molecular weight excluding hydrogens is 266 g/mol. The molecule has 0 aromatic heterocycles. The molecule has 4 heteroatoms. The van der Waals surface area contributed by atoms with E-state index in [1.165, 1.54) is 5.56 Å². The normalized spacial score (nSPS) is 17.4. The maximum Gasteiger partial charge on any atom is 0.305 e. The van der Waals surface area contributed by atoms with Gasteiger partial charge in [0.05, 0.1) is 12.3 Å². The Balaban J connectivity index is 2.19. The fraction of sp³-hybridized carbons (Fsp3) is 0.529. The Bertz CT molecular complexity index is 525. The lowest BCUT2D eigenvalue weighted by Gasteiger charge is -2.33. The predicted molar refractivity (Wildman–Crippen MR) is 81.2 cm³/mol. The summed E-state index contributed by atoms with van der Waals surface area (Å²) in [5.41, 5.74) is 2.37. The number of fused-ring (bicyclic) bond motifs is 1. The first kappa shape index (κ1) is 15.5. The van der Waals surface area contributed by atoms with Crippen LogP contribution in [0, 0.1) is 0 Å². The fourth-order valence-electron chi connectivity index (χ4n) is 3.05. The van der Waals surface area contributed by atoms with Crippen molar-refractivity contribution >= 4 is 11.9 Å². The summed E-state index contributed by atoms with van der Waals surface area (Å²) in [4.78, 5) is 25.3. The van der Waals surface area contributed by atoms with Gasteiger partial charge in [-0.05, 0) is 44.2 Å². The van der Waals surface area contributed by atoms with Gasteiger partial charge in [-0.1, -0.05) is 24.3 Å². The van der Waals surface area contributed by atoms with E-state index < -0.39 is 5.97 Å². The van der Waals surface area contributed by atoms with Gasteiger partial charge in [-0.2, -0.15) is 0 Å². The molecule has 2 rings (SSSR count). The average Bonchev–Trinajstić information content (AvgIpc) is 2.46. The molecule has 1 aliphatic rings. The lowest BCUT2D eigenvalue weighted by molar-refractivity contribution is -0.139. The zero-order valence-corrected chi connectivity index (χ0v) is 12.7. The van der Waals surface area contributed by atoms with Crippen LogP contribution in [0.5, 0.6) is 0 Å². The molecule has 0 saturated carbocycles. The van der Waals surface area contributed by atoms with E-state index in [1.54, 1.807) is 4.90 Å². The topological polar surface area (TPSA) is 57.6 Å². The molecule has 0 bridgehead atoms. The third-order valence-electron chi connectivity index (χ3n) is 4.14. The molecule has 1 aromatic rings. The number of benzene rings is 1. The molecule has 0 heterocycles. The second-order valence-electron chi connectivity index (χ2n) is 5.91. The summed E-state index contributed by atoms with van der Waals surface area (Å²) >= 11 is 0. The van der Waals surface area contributed by atoms with Gasteiger partial charge < -0.3 is 10.0 Å². The van der Waals surface area contributed by atoms with Crippen molar-refractivity contribution in [3.8, 4) is 0 Å². The molecular formula is C17H23NO3. The molecule has 1 N–H and O–H groups in total. The van der Waals surface area contributed by atoms with Gasteiger partial charge in [0.2, 0.25) is 5.91 Å². The van der Waals surface area contributed by atoms with Crippen molar-refractivity contribution in [1.82, 2.24) is 4.90 Å². The number of nitrogens with zero attached hydrogens (tertiary/aromatic N) is 1. The number of hydrogen-bond acceptors (Lipinski definition) is 2. The largest absolute Gasteiger partial charge is 0.481 e. The first-order valence-corrected chi connectivity index (χ1v) is 7.60. The van der Waals surface area contributed by atoms with Gasteiger partial charge in [-0.15, -0.1) is 0 Å². The van der Waals surface area contributed by atoms with Crippen LogP contribution in [0.25, 0.3) is 0 Å². The second-order valence-corrected chi connectivity index (χ2v) is 5.91. The van der Waals surface area contributed by atoms with Crippen LogP contribution in [0.4, 0.5) is 0 Å². The van der Waals surface area contributed by atoms with Crippen molar-refractivity contribution in [3.05, 3.63) is 35.4 Å². The smallest absolute Gasteiger partial charge is 0.305 e. The van der Waals surface area contributed by atoms with Crippen LogP contribution in [0.15, 0.2) is 24.3 Å². The van der Waals surface area contributed by atoms with Gasteiger partial charge in [0.1, 0.15) is 0 Å².